The number of hydrogen-bond donors (Lipinski definition) is 2. The van der Waals surface area contributed by atoms with Gasteiger partial charge >= 0.3 is 5.97 Å². The quantitative estimate of drug-likeness (QED) is 0.770. The van der Waals surface area contributed by atoms with Crippen molar-refractivity contribution in [1.29, 1.82) is 0 Å². The first-order valence-electron chi connectivity index (χ1n) is 6.87. The lowest BCUT2D eigenvalue weighted by Gasteiger charge is -2.12. The maximum atomic E-state index is 11.1. The summed E-state index contributed by atoms with van der Waals surface area (Å²) >= 11 is 1.57. The van der Waals surface area contributed by atoms with Gasteiger partial charge in [0, 0.05) is 10.4 Å². The molecule has 0 fully saturated rings. The van der Waals surface area contributed by atoms with Crippen LogP contribution in [0.25, 0.3) is 21.6 Å². The molecule has 0 aliphatic heterocycles. The SMILES string of the molecule is Cc1cc2c(NC(C)C(=O)O)nc(-c3ccccc3)nc2s1. The molecule has 22 heavy (non-hydrogen) atoms. The van der Waals surface area contributed by atoms with Crippen molar-refractivity contribution < 1.29 is 9.90 Å². The van der Waals surface area contributed by atoms with Crippen LogP contribution in [-0.4, -0.2) is 27.1 Å². The highest BCUT2D eigenvalue weighted by Crippen LogP contribution is 2.31. The summed E-state index contributed by atoms with van der Waals surface area (Å²) in [4.78, 5) is 22.2. The fourth-order valence-electron chi connectivity index (χ4n) is 2.14. The molecule has 0 saturated heterocycles. The van der Waals surface area contributed by atoms with E-state index in [1.807, 2.05) is 43.3 Å². The van der Waals surface area contributed by atoms with Gasteiger partial charge in [-0.15, -0.1) is 11.3 Å². The maximum Gasteiger partial charge on any atom is 0.325 e. The number of carbonyl (C=O) groups is 1. The third-order valence-corrected chi connectivity index (χ3v) is 4.22. The van der Waals surface area contributed by atoms with E-state index in [9.17, 15) is 4.79 Å². The number of thiophene rings is 1. The molecule has 0 aliphatic rings. The Morgan fingerprint density at radius 2 is 2.00 bits per heavy atom. The number of anilines is 1. The maximum absolute atomic E-state index is 11.1. The lowest BCUT2D eigenvalue weighted by Crippen LogP contribution is -2.26. The molecule has 112 valence electrons. The minimum absolute atomic E-state index is 0.558. The van der Waals surface area contributed by atoms with Crippen LogP contribution >= 0.6 is 11.3 Å². The average Bonchev–Trinajstić information content (AvgIpc) is 2.88. The molecule has 0 aliphatic carbocycles. The van der Waals surface area contributed by atoms with Crippen LogP contribution in [0.1, 0.15) is 11.8 Å². The summed E-state index contributed by atoms with van der Waals surface area (Å²) in [6.45, 7) is 3.59. The van der Waals surface area contributed by atoms with Crippen molar-refractivity contribution >= 4 is 33.3 Å². The second-order valence-electron chi connectivity index (χ2n) is 5.04. The molecule has 2 heterocycles. The zero-order valence-corrected chi connectivity index (χ0v) is 13.0. The molecule has 1 aromatic carbocycles. The van der Waals surface area contributed by atoms with Crippen molar-refractivity contribution in [2.75, 3.05) is 5.32 Å². The van der Waals surface area contributed by atoms with Gasteiger partial charge in [0.2, 0.25) is 0 Å². The third-order valence-electron chi connectivity index (χ3n) is 3.27. The first kappa shape index (κ1) is 14.5. The summed E-state index contributed by atoms with van der Waals surface area (Å²) in [6.07, 6.45) is 0. The van der Waals surface area contributed by atoms with E-state index in [0.29, 0.717) is 11.6 Å². The average molecular weight is 313 g/mol. The van der Waals surface area contributed by atoms with Crippen molar-refractivity contribution in [1.82, 2.24) is 9.97 Å². The van der Waals surface area contributed by atoms with Gasteiger partial charge in [0.1, 0.15) is 16.7 Å². The molecular formula is C16H15N3O2S. The molecular weight excluding hydrogens is 298 g/mol. The van der Waals surface area contributed by atoms with Crippen LogP contribution in [0, 0.1) is 6.92 Å². The first-order chi connectivity index (χ1) is 10.5. The second kappa shape index (κ2) is 5.73. The van der Waals surface area contributed by atoms with Crippen LogP contribution in [0.2, 0.25) is 0 Å². The summed E-state index contributed by atoms with van der Waals surface area (Å²) in [7, 11) is 0. The van der Waals surface area contributed by atoms with Gasteiger partial charge in [-0.25, -0.2) is 9.97 Å². The Hall–Kier alpha value is -2.47. The van der Waals surface area contributed by atoms with Crippen molar-refractivity contribution in [3.8, 4) is 11.4 Å². The number of benzene rings is 1. The fraction of sp³-hybridized carbons (Fsp3) is 0.188. The third kappa shape index (κ3) is 2.78. The second-order valence-corrected chi connectivity index (χ2v) is 6.28. The van der Waals surface area contributed by atoms with Crippen LogP contribution in [0.5, 0.6) is 0 Å². The number of hydrogen-bond acceptors (Lipinski definition) is 5. The van der Waals surface area contributed by atoms with Crippen LogP contribution in [0.15, 0.2) is 36.4 Å². The van der Waals surface area contributed by atoms with Gasteiger partial charge < -0.3 is 10.4 Å². The Labute approximate surface area is 131 Å². The van der Waals surface area contributed by atoms with Crippen LogP contribution in [-0.2, 0) is 4.79 Å². The van der Waals surface area contributed by atoms with E-state index in [2.05, 4.69) is 15.3 Å². The summed E-state index contributed by atoms with van der Waals surface area (Å²) in [6, 6.07) is 10.9. The van der Waals surface area contributed by atoms with Crippen molar-refractivity contribution in [2.45, 2.75) is 19.9 Å². The smallest absolute Gasteiger partial charge is 0.325 e. The molecule has 3 rings (SSSR count). The van der Waals surface area contributed by atoms with Crippen LogP contribution in [0.3, 0.4) is 0 Å². The van der Waals surface area contributed by atoms with Crippen molar-refractivity contribution in [3.05, 3.63) is 41.3 Å². The molecule has 0 bridgehead atoms. The Morgan fingerprint density at radius 3 is 2.68 bits per heavy atom. The first-order valence-corrected chi connectivity index (χ1v) is 7.69. The summed E-state index contributed by atoms with van der Waals surface area (Å²) in [5.41, 5.74) is 0.904. The largest absolute Gasteiger partial charge is 0.480 e. The number of aryl methyl sites for hydroxylation is 1. The molecule has 1 atom stereocenters. The standard InChI is InChI=1S/C16H15N3O2S/c1-9-8-12-14(17-10(2)16(20)21)18-13(19-15(12)22-9)11-6-4-3-5-7-11/h3-8,10H,1-2H3,(H,20,21)(H,17,18,19). The topological polar surface area (TPSA) is 75.1 Å². The monoisotopic (exact) mass is 313 g/mol. The Kier molecular flexibility index (Phi) is 3.77. The normalized spacial score (nSPS) is 12.3. The highest BCUT2D eigenvalue weighted by atomic mass is 32.1. The molecule has 2 N–H and O–H groups in total. The molecule has 1 unspecified atom stereocenters. The lowest BCUT2D eigenvalue weighted by atomic mass is 10.2. The van der Waals surface area contributed by atoms with Gasteiger partial charge in [-0.05, 0) is 19.9 Å². The zero-order valence-electron chi connectivity index (χ0n) is 12.2. The predicted molar refractivity (Wildman–Crippen MR) is 88.3 cm³/mol. The van der Waals surface area contributed by atoms with Crippen molar-refractivity contribution in [2.24, 2.45) is 0 Å². The highest BCUT2D eigenvalue weighted by molar-refractivity contribution is 7.18. The summed E-state index contributed by atoms with van der Waals surface area (Å²) in [5.74, 6) is 0.234. The number of aliphatic carboxylic acids is 1. The van der Waals surface area contributed by atoms with Crippen LogP contribution < -0.4 is 5.32 Å². The van der Waals surface area contributed by atoms with E-state index in [1.165, 1.54) is 0 Å². The number of carboxylic acids is 1. The molecule has 3 aromatic rings. The number of nitrogens with one attached hydrogen (secondary N) is 1. The number of aromatic nitrogens is 2. The van der Waals surface area contributed by atoms with Gasteiger partial charge in [-0.3, -0.25) is 4.79 Å². The Balaban J connectivity index is 2.14. The van der Waals surface area contributed by atoms with E-state index < -0.39 is 12.0 Å². The number of nitrogens with zero attached hydrogens (tertiary/aromatic N) is 2. The van der Waals surface area contributed by atoms with E-state index >= 15 is 0 Å². The molecule has 6 heteroatoms. The lowest BCUT2D eigenvalue weighted by molar-refractivity contribution is -0.137. The number of carboxylic acid groups (broad SMARTS) is 1. The van der Waals surface area contributed by atoms with Gasteiger partial charge in [-0.2, -0.15) is 0 Å². The van der Waals surface area contributed by atoms with Gasteiger partial charge in [0.25, 0.3) is 0 Å². The fourth-order valence-corrected chi connectivity index (χ4v) is 3.01. The minimum atomic E-state index is -0.917. The van der Waals surface area contributed by atoms with E-state index in [0.717, 1.165) is 20.7 Å². The zero-order chi connectivity index (χ0) is 15.7. The number of rotatable bonds is 4. The Morgan fingerprint density at radius 1 is 1.27 bits per heavy atom. The van der Waals surface area contributed by atoms with E-state index in [4.69, 9.17) is 5.11 Å². The van der Waals surface area contributed by atoms with Gasteiger partial charge in [0.15, 0.2) is 5.82 Å². The molecule has 0 spiro atoms. The van der Waals surface area contributed by atoms with Gasteiger partial charge in [0.05, 0.1) is 5.39 Å². The molecule has 0 amide bonds. The number of fused-ring (bicyclic) bond motifs is 1. The minimum Gasteiger partial charge on any atom is -0.480 e. The summed E-state index contributed by atoms with van der Waals surface area (Å²) in [5, 5.41) is 12.9. The predicted octanol–water partition coefficient (Wildman–Crippen LogP) is 3.55. The van der Waals surface area contributed by atoms with Crippen molar-refractivity contribution in [3.63, 3.8) is 0 Å². The van der Waals surface area contributed by atoms with Crippen LogP contribution in [0.4, 0.5) is 5.82 Å². The van der Waals surface area contributed by atoms with Gasteiger partial charge in [-0.1, -0.05) is 30.3 Å². The highest BCUT2D eigenvalue weighted by Gasteiger charge is 2.16. The molecule has 2 aromatic heterocycles. The van der Waals surface area contributed by atoms with E-state index in [-0.39, 0.29) is 0 Å². The van der Waals surface area contributed by atoms with E-state index in [1.54, 1.807) is 18.3 Å². The summed E-state index contributed by atoms with van der Waals surface area (Å²) < 4.78 is 0. The molecule has 0 radical (unpaired) electrons. The Bertz CT molecular complexity index is 830. The molecule has 0 saturated carbocycles. The molecule has 5 nitrogen and oxygen atoms in total.